The van der Waals surface area contributed by atoms with E-state index in [-0.39, 0.29) is 0 Å². The minimum absolute atomic E-state index is 0.614. The number of aryl methyl sites for hydroxylation is 1. The molecule has 0 aliphatic rings. The van der Waals surface area contributed by atoms with Gasteiger partial charge in [0.1, 0.15) is 5.82 Å². The molecule has 0 aliphatic carbocycles. The number of fused-ring (bicyclic) bond motifs is 1. The average molecular weight is 392 g/mol. The first-order valence-corrected chi connectivity index (χ1v) is 9.79. The van der Waals surface area contributed by atoms with Crippen molar-refractivity contribution in [2.24, 2.45) is 0 Å². The van der Waals surface area contributed by atoms with E-state index >= 15 is 0 Å². The monoisotopic (exact) mass is 392 g/mol. The number of para-hydroxylation sites is 2. The second-order valence-corrected chi connectivity index (χ2v) is 7.04. The summed E-state index contributed by atoms with van der Waals surface area (Å²) in [5, 5.41) is 9.06. The fourth-order valence-electron chi connectivity index (χ4n) is 3.45. The van der Waals surface area contributed by atoms with Gasteiger partial charge in [0.15, 0.2) is 5.82 Å². The summed E-state index contributed by atoms with van der Waals surface area (Å²) in [6.07, 6.45) is 5.51. The maximum Gasteiger partial charge on any atom is 0.163 e. The lowest BCUT2D eigenvalue weighted by molar-refractivity contribution is 0.848. The Morgan fingerprint density at radius 2 is 1.77 bits per heavy atom. The summed E-state index contributed by atoms with van der Waals surface area (Å²) in [6, 6.07) is 22.1. The standard InChI is InChI=1S/C24H20N6/c1-17-12-14-30(29-17)22-11-5-2-7-18(22)16-26-24-20-9-3-4-10-21(20)27-23(28-24)19-8-6-13-25-15-19/h2-15H,16H2,1H3,(H,26,27,28). The maximum absolute atomic E-state index is 4.81. The molecule has 146 valence electrons. The van der Waals surface area contributed by atoms with Crippen LogP contribution in [0.15, 0.2) is 85.3 Å². The fourth-order valence-corrected chi connectivity index (χ4v) is 3.45. The van der Waals surface area contributed by atoms with Crippen molar-refractivity contribution in [1.29, 1.82) is 0 Å². The molecule has 3 aromatic heterocycles. The summed E-state index contributed by atoms with van der Waals surface area (Å²) in [5.74, 6) is 1.45. The second kappa shape index (κ2) is 7.75. The average Bonchev–Trinajstić information content (AvgIpc) is 3.24. The molecule has 1 N–H and O–H groups in total. The van der Waals surface area contributed by atoms with Crippen LogP contribution in [0.3, 0.4) is 0 Å². The number of aromatic nitrogens is 5. The van der Waals surface area contributed by atoms with E-state index in [4.69, 9.17) is 9.97 Å². The first-order valence-electron chi connectivity index (χ1n) is 9.79. The SMILES string of the molecule is Cc1ccn(-c2ccccc2CNc2nc(-c3cccnc3)nc3ccccc23)n1. The number of hydrogen-bond acceptors (Lipinski definition) is 5. The first kappa shape index (κ1) is 18.0. The predicted molar refractivity (Wildman–Crippen MR) is 118 cm³/mol. The highest BCUT2D eigenvalue weighted by Crippen LogP contribution is 2.25. The number of nitrogens with zero attached hydrogens (tertiary/aromatic N) is 5. The van der Waals surface area contributed by atoms with Crippen LogP contribution in [0.5, 0.6) is 0 Å². The van der Waals surface area contributed by atoms with Crippen molar-refractivity contribution in [1.82, 2.24) is 24.7 Å². The molecule has 0 radical (unpaired) electrons. The van der Waals surface area contributed by atoms with Crippen LogP contribution in [0, 0.1) is 6.92 Å². The van der Waals surface area contributed by atoms with E-state index in [0.717, 1.165) is 39.2 Å². The number of nitrogens with one attached hydrogen (secondary N) is 1. The van der Waals surface area contributed by atoms with Crippen molar-refractivity contribution < 1.29 is 0 Å². The van der Waals surface area contributed by atoms with E-state index in [0.29, 0.717) is 12.4 Å². The van der Waals surface area contributed by atoms with Gasteiger partial charge in [0.2, 0.25) is 0 Å². The molecular weight excluding hydrogens is 372 g/mol. The molecule has 6 nitrogen and oxygen atoms in total. The Morgan fingerprint density at radius 3 is 2.60 bits per heavy atom. The van der Waals surface area contributed by atoms with E-state index < -0.39 is 0 Å². The Hall–Kier alpha value is -4.06. The Bertz CT molecular complexity index is 1310. The van der Waals surface area contributed by atoms with E-state index in [1.165, 1.54) is 0 Å². The fraction of sp³-hybridized carbons (Fsp3) is 0.0833. The lowest BCUT2D eigenvalue weighted by Gasteiger charge is -2.13. The van der Waals surface area contributed by atoms with Crippen molar-refractivity contribution in [2.45, 2.75) is 13.5 Å². The number of pyridine rings is 1. The molecule has 6 heteroatoms. The van der Waals surface area contributed by atoms with Gasteiger partial charge >= 0.3 is 0 Å². The van der Waals surface area contributed by atoms with E-state index in [9.17, 15) is 0 Å². The molecule has 5 aromatic rings. The van der Waals surface area contributed by atoms with Gasteiger partial charge in [-0.1, -0.05) is 30.3 Å². The molecule has 5 rings (SSSR count). The normalized spacial score (nSPS) is 11.0. The second-order valence-electron chi connectivity index (χ2n) is 7.04. The van der Waals surface area contributed by atoms with Crippen molar-refractivity contribution >= 4 is 16.7 Å². The van der Waals surface area contributed by atoms with Gasteiger partial charge in [0.05, 0.1) is 16.9 Å². The van der Waals surface area contributed by atoms with Gasteiger partial charge in [0, 0.05) is 36.1 Å². The highest BCUT2D eigenvalue weighted by atomic mass is 15.3. The van der Waals surface area contributed by atoms with Gasteiger partial charge < -0.3 is 5.32 Å². The molecule has 0 amide bonds. The summed E-state index contributed by atoms with van der Waals surface area (Å²) in [4.78, 5) is 13.7. The van der Waals surface area contributed by atoms with Gasteiger partial charge in [-0.15, -0.1) is 0 Å². The zero-order valence-electron chi connectivity index (χ0n) is 16.5. The molecule has 0 saturated heterocycles. The van der Waals surface area contributed by atoms with Crippen molar-refractivity contribution in [3.63, 3.8) is 0 Å². The highest BCUT2D eigenvalue weighted by molar-refractivity contribution is 5.90. The smallest absolute Gasteiger partial charge is 0.163 e. The van der Waals surface area contributed by atoms with Crippen LogP contribution in [0.4, 0.5) is 5.82 Å². The van der Waals surface area contributed by atoms with Crippen LogP contribution in [-0.2, 0) is 6.54 Å². The van der Waals surface area contributed by atoms with Gasteiger partial charge in [0.25, 0.3) is 0 Å². The molecular formula is C24H20N6. The molecule has 2 aromatic carbocycles. The van der Waals surface area contributed by atoms with Gasteiger partial charge in [-0.05, 0) is 48.9 Å². The van der Waals surface area contributed by atoms with Crippen molar-refractivity contribution in [2.75, 3.05) is 5.32 Å². The highest BCUT2D eigenvalue weighted by Gasteiger charge is 2.11. The number of rotatable bonds is 5. The van der Waals surface area contributed by atoms with Crippen LogP contribution in [-0.4, -0.2) is 24.7 Å². The molecule has 0 saturated carbocycles. The van der Waals surface area contributed by atoms with E-state index in [1.807, 2.05) is 72.4 Å². The summed E-state index contributed by atoms with van der Waals surface area (Å²) in [5.41, 5.74) is 4.94. The number of anilines is 1. The number of benzene rings is 2. The van der Waals surface area contributed by atoms with Crippen LogP contribution < -0.4 is 5.32 Å². The number of hydrogen-bond donors (Lipinski definition) is 1. The molecule has 0 unspecified atom stereocenters. The molecule has 0 bridgehead atoms. The molecule has 3 heterocycles. The Labute approximate surface area is 174 Å². The predicted octanol–water partition coefficient (Wildman–Crippen LogP) is 4.80. The topological polar surface area (TPSA) is 68.5 Å². The molecule has 0 fully saturated rings. The van der Waals surface area contributed by atoms with Gasteiger partial charge in [-0.2, -0.15) is 5.10 Å². The molecule has 0 atom stereocenters. The van der Waals surface area contributed by atoms with Crippen LogP contribution in [0.2, 0.25) is 0 Å². The Morgan fingerprint density at radius 1 is 0.900 bits per heavy atom. The van der Waals surface area contributed by atoms with Gasteiger partial charge in [-0.25, -0.2) is 14.6 Å². The summed E-state index contributed by atoms with van der Waals surface area (Å²) < 4.78 is 1.91. The lowest BCUT2D eigenvalue weighted by Crippen LogP contribution is -2.08. The zero-order valence-corrected chi connectivity index (χ0v) is 16.5. The lowest BCUT2D eigenvalue weighted by atomic mass is 10.1. The van der Waals surface area contributed by atoms with E-state index in [2.05, 4.69) is 27.5 Å². The molecule has 0 spiro atoms. The van der Waals surface area contributed by atoms with Crippen LogP contribution in [0.25, 0.3) is 28.0 Å². The third-order valence-corrected chi connectivity index (χ3v) is 4.93. The van der Waals surface area contributed by atoms with Gasteiger partial charge in [-0.3, -0.25) is 4.98 Å². The third kappa shape index (κ3) is 3.51. The quantitative estimate of drug-likeness (QED) is 0.465. The third-order valence-electron chi connectivity index (χ3n) is 4.93. The first-order chi connectivity index (χ1) is 14.8. The Kier molecular flexibility index (Phi) is 4.65. The molecule has 30 heavy (non-hydrogen) atoms. The summed E-state index contributed by atoms with van der Waals surface area (Å²) in [7, 11) is 0. The molecule has 0 aliphatic heterocycles. The Balaban J connectivity index is 1.52. The van der Waals surface area contributed by atoms with Crippen LogP contribution in [0.1, 0.15) is 11.3 Å². The van der Waals surface area contributed by atoms with Crippen molar-refractivity contribution in [3.8, 4) is 17.1 Å². The largest absolute Gasteiger partial charge is 0.365 e. The van der Waals surface area contributed by atoms with Crippen LogP contribution >= 0.6 is 0 Å². The van der Waals surface area contributed by atoms with E-state index in [1.54, 1.807) is 12.4 Å². The maximum atomic E-state index is 4.81. The minimum Gasteiger partial charge on any atom is -0.365 e. The minimum atomic E-state index is 0.614. The summed E-state index contributed by atoms with van der Waals surface area (Å²) >= 11 is 0. The zero-order chi connectivity index (χ0) is 20.3. The van der Waals surface area contributed by atoms with Crippen molar-refractivity contribution in [3.05, 3.63) is 96.6 Å². The summed E-state index contributed by atoms with van der Waals surface area (Å²) in [6.45, 7) is 2.60.